The van der Waals surface area contributed by atoms with E-state index in [1.165, 1.54) is 5.56 Å². The molecule has 2 aromatic carbocycles. The monoisotopic (exact) mass is 363 g/mol. The summed E-state index contributed by atoms with van der Waals surface area (Å²) in [7, 11) is 1.67. The largest absolute Gasteiger partial charge is 0.497 e. The Morgan fingerprint density at radius 2 is 2.04 bits per heavy atom. The van der Waals surface area contributed by atoms with Gasteiger partial charge in [-0.3, -0.25) is 9.69 Å². The van der Waals surface area contributed by atoms with Gasteiger partial charge in [0.2, 0.25) is 5.91 Å². The molecule has 0 aliphatic rings. The number of hydrogen-bond acceptors (Lipinski definition) is 3. The zero-order valence-electron chi connectivity index (χ0n) is 15.6. The molecule has 0 aliphatic carbocycles. The maximum atomic E-state index is 11.4. The van der Waals surface area contributed by atoms with Gasteiger partial charge in [-0.1, -0.05) is 36.4 Å². The van der Waals surface area contributed by atoms with E-state index in [-0.39, 0.29) is 12.5 Å². The van der Waals surface area contributed by atoms with Crippen molar-refractivity contribution in [3.8, 4) is 5.75 Å². The number of aromatic nitrogens is 1. The van der Waals surface area contributed by atoms with Gasteiger partial charge in [-0.2, -0.15) is 0 Å². The predicted molar refractivity (Wildman–Crippen MR) is 108 cm³/mol. The topological polar surface area (TPSA) is 60.5 Å². The fraction of sp³-hybridized carbons (Fsp3) is 0.227. The molecule has 0 fully saturated rings. The van der Waals surface area contributed by atoms with Crippen LogP contribution >= 0.6 is 0 Å². The molecule has 5 nitrogen and oxygen atoms in total. The zero-order chi connectivity index (χ0) is 19.2. The minimum absolute atomic E-state index is 0.178. The van der Waals surface area contributed by atoms with Crippen LogP contribution in [0.3, 0.4) is 0 Å². The van der Waals surface area contributed by atoms with Crippen molar-refractivity contribution < 1.29 is 9.53 Å². The smallest absolute Gasteiger partial charge is 0.237 e. The van der Waals surface area contributed by atoms with Crippen LogP contribution in [0.4, 0.5) is 0 Å². The minimum atomic E-state index is -0.346. The van der Waals surface area contributed by atoms with Gasteiger partial charge in [0.05, 0.1) is 7.11 Å². The average Bonchev–Trinajstić information content (AvgIpc) is 2.99. The van der Waals surface area contributed by atoms with E-state index in [1.807, 2.05) is 53.2 Å². The third-order valence-corrected chi connectivity index (χ3v) is 4.52. The van der Waals surface area contributed by atoms with Crippen molar-refractivity contribution in [1.82, 2.24) is 9.47 Å². The number of carbonyl (C=O) groups is 1. The quantitative estimate of drug-likeness (QED) is 0.593. The van der Waals surface area contributed by atoms with Gasteiger partial charge >= 0.3 is 0 Å². The molecule has 0 radical (unpaired) electrons. The molecule has 3 rings (SSSR count). The summed E-state index contributed by atoms with van der Waals surface area (Å²) in [6.07, 6.45) is 3.93. The highest BCUT2D eigenvalue weighted by molar-refractivity contribution is 5.85. The highest BCUT2D eigenvalue weighted by atomic mass is 16.5. The molecule has 1 aromatic heterocycles. The molecule has 1 heterocycles. The first-order valence-corrected chi connectivity index (χ1v) is 8.92. The second-order valence-corrected chi connectivity index (χ2v) is 6.58. The van der Waals surface area contributed by atoms with Crippen molar-refractivity contribution in [2.75, 3.05) is 13.7 Å². The molecule has 0 unspecified atom stereocenters. The second-order valence-electron chi connectivity index (χ2n) is 6.58. The highest BCUT2D eigenvalue weighted by Gasteiger charge is 2.13. The predicted octanol–water partition coefficient (Wildman–Crippen LogP) is 3.32. The van der Waals surface area contributed by atoms with Gasteiger partial charge in [0.15, 0.2) is 0 Å². The Bertz CT molecular complexity index is 946. The van der Waals surface area contributed by atoms with Crippen molar-refractivity contribution in [3.05, 3.63) is 78.5 Å². The lowest BCUT2D eigenvalue weighted by Crippen LogP contribution is -2.23. The molecule has 3 aromatic rings. The SMILES string of the molecule is C=CCN(Cc1cccc(OC)c1)Cc1cn(CC(N)=O)c2ccccc12. The van der Waals surface area contributed by atoms with Gasteiger partial charge in [-0.05, 0) is 29.3 Å². The zero-order valence-corrected chi connectivity index (χ0v) is 15.6. The number of methoxy groups -OCH3 is 1. The van der Waals surface area contributed by atoms with Crippen LogP contribution in [0.15, 0.2) is 67.4 Å². The molecule has 1 amide bonds. The lowest BCUT2D eigenvalue weighted by atomic mass is 10.1. The Morgan fingerprint density at radius 3 is 2.78 bits per heavy atom. The van der Waals surface area contributed by atoms with Crippen molar-refractivity contribution >= 4 is 16.8 Å². The number of hydrogen-bond donors (Lipinski definition) is 1. The number of nitrogens with two attached hydrogens (primary N) is 1. The summed E-state index contributed by atoms with van der Waals surface area (Å²) in [5, 5.41) is 1.14. The van der Waals surface area contributed by atoms with Crippen LogP contribution in [0, 0.1) is 0 Å². The first kappa shape index (κ1) is 18.7. The molecule has 140 valence electrons. The molecule has 0 saturated carbocycles. The third-order valence-electron chi connectivity index (χ3n) is 4.52. The van der Waals surface area contributed by atoms with Gasteiger partial charge < -0.3 is 15.0 Å². The van der Waals surface area contributed by atoms with E-state index in [9.17, 15) is 4.79 Å². The van der Waals surface area contributed by atoms with Crippen LogP contribution in [0.25, 0.3) is 10.9 Å². The number of rotatable bonds is 9. The van der Waals surface area contributed by atoms with E-state index >= 15 is 0 Å². The fourth-order valence-corrected chi connectivity index (χ4v) is 3.39. The average molecular weight is 363 g/mol. The highest BCUT2D eigenvalue weighted by Crippen LogP contribution is 2.24. The first-order chi connectivity index (χ1) is 13.1. The van der Waals surface area contributed by atoms with E-state index in [1.54, 1.807) is 7.11 Å². The van der Waals surface area contributed by atoms with Gasteiger partial charge in [0.1, 0.15) is 12.3 Å². The number of primary amides is 1. The van der Waals surface area contributed by atoms with Gasteiger partial charge in [-0.15, -0.1) is 6.58 Å². The Balaban J connectivity index is 1.87. The van der Waals surface area contributed by atoms with E-state index in [4.69, 9.17) is 10.5 Å². The molecule has 2 N–H and O–H groups in total. The number of ether oxygens (including phenoxy) is 1. The van der Waals surface area contributed by atoms with Crippen molar-refractivity contribution in [1.29, 1.82) is 0 Å². The minimum Gasteiger partial charge on any atom is -0.497 e. The number of nitrogens with zero attached hydrogens (tertiary/aromatic N) is 2. The van der Waals surface area contributed by atoms with Crippen LogP contribution in [0.5, 0.6) is 5.75 Å². The van der Waals surface area contributed by atoms with Gasteiger partial charge in [0.25, 0.3) is 0 Å². The van der Waals surface area contributed by atoms with E-state index in [2.05, 4.69) is 23.6 Å². The van der Waals surface area contributed by atoms with E-state index in [0.717, 1.165) is 41.9 Å². The summed E-state index contributed by atoms with van der Waals surface area (Å²) in [6, 6.07) is 16.2. The summed E-state index contributed by atoms with van der Waals surface area (Å²) in [4.78, 5) is 13.7. The Labute approximate surface area is 159 Å². The maximum Gasteiger partial charge on any atom is 0.237 e. The molecule has 0 saturated heterocycles. The number of carbonyl (C=O) groups excluding carboxylic acids is 1. The maximum absolute atomic E-state index is 11.4. The molecule has 0 bridgehead atoms. The van der Waals surface area contributed by atoms with Crippen LogP contribution in [-0.4, -0.2) is 29.0 Å². The van der Waals surface area contributed by atoms with E-state index < -0.39 is 0 Å². The Kier molecular flexibility index (Phi) is 5.94. The molecule has 0 aliphatic heterocycles. The number of para-hydroxylation sites is 1. The molecule has 5 heteroatoms. The Hall–Kier alpha value is -3.05. The fourth-order valence-electron chi connectivity index (χ4n) is 3.39. The van der Waals surface area contributed by atoms with Gasteiger partial charge in [0, 0.05) is 36.7 Å². The summed E-state index contributed by atoms with van der Waals surface area (Å²) in [5.74, 6) is 0.505. The van der Waals surface area contributed by atoms with Gasteiger partial charge in [-0.25, -0.2) is 0 Å². The lowest BCUT2D eigenvalue weighted by molar-refractivity contribution is -0.118. The van der Waals surface area contributed by atoms with Crippen molar-refractivity contribution in [3.63, 3.8) is 0 Å². The summed E-state index contributed by atoms with van der Waals surface area (Å²) >= 11 is 0. The molecule has 27 heavy (non-hydrogen) atoms. The standard InChI is InChI=1S/C22H25N3O2/c1-3-11-24(13-17-7-6-8-19(12-17)27-2)14-18-15-25(16-22(23)26)21-10-5-4-9-20(18)21/h3-10,12,15H,1,11,13-14,16H2,2H3,(H2,23,26). The van der Waals surface area contributed by atoms with Crippen LogP contribution in [-0.2, 0) is 24.4 Å². The third kappa shape index (κ3) is 4.57. The molecular weight excluding hydrogens is 338 g/mol. The van der Waals surface area contributed by atoms with Crippen LogP contribution < -0.4 is 10.5 Å². The summed E-state index contributed by atoms with van der Waals surface area (Å²) in [6.45, 7) is 6.35. The van der Waals surface area contributed by atoms with Crippen LogP contribution in [0.2, 0.25) is 0 Å². The second kappa shape index (κ2) is 8.56. The summed E-state index contributed by atoms with van der Waals surface area (Å²) < 4.78 is 7.25. The normalized spacial score (nSPS) is 11.0. The van der Waals surface area contributed by atoms with Crippen LogP contribution in [0.1, 0.15) is 11.1 Å². The number of fused-ring (bicyclic) bond motifs is 1. The van der Waals surface area contributed by atoms with E-state index in [0.29, 0.717) is 0 Å². The molecular formula is C22H25N3O2. The Morgan fingerprint density at radius 1 is 1.22 bits per heavy atom. The molecule has 0 atom stereocenters. The number of benzene rings is 2. The summed E-state index contributed by atoms with van der Waals surface area (Å²) in [5.41, 5.74) is 8.77. The first-order valence-electron chi connectivity index (χ1n) is 8.92. The van der Waals surface area contributed by atoms with Crippen molar-refractivity contribution in [2.45, 2.75) is 19.6 Å². The lowest BCUT2D eigenvalue weighted by Gasteiger charge is -2.21. The van der Waals surface area contributed by atoms with Crippen molar-refractivity contribution in [2.24, 2.45) is 5.73 Å². The number of amides is 1. The molecule has 0 spiro atoms.